The summed E-state index contributed by atoms with van der Waals surface area (Å²) < 4.78 is 11.8. The highest BCUT2D eigenvalue weighted by atomic mass is 79.9. The van der Waals surface area contributed by atoms with E-state index in [2.05, 4.69) is 42.9 Å². The zero-order valence-electron chi connectivity index (χ0n) is 9.84. The smallest absolute Gasteiger partial charge is 0.169 e. The number of rotatable bonds is 5. The van der Waals surface area contributed by atoms with Gasteiger partial charge in [0.05, 0.1) is 0 Å². The van der Waals surface area contributed by atoms with E-state index in [4.69, 9.17) is 9.15 Å². The Morgan fingerprint density at radius 2 is 2.07 bits per heavy atom. The van der Waals surface area contributed by atoms with Crippen LogP contribution in [0.25, 0.3) is 0 Å². The minimum absolute atomic E-state index is 0.351. The van der Waals surface area contributed by atoms with Gasteiger partial charge in [-0.1, -0.05) is 26.9 Å². The highest BCUT2D eigenvalue weighted by Crippen LogP contribution is 2.28. The first-order valence-corrected chi connectivity index (χ1v) is 8.92. The first-order valence-electron chi connectivity index (χ1n) is 5.24. The maximum atomic E-state index is 5.68. The molecule has 0 aliphatic heterocycles. The molecular weight excluding hydrogens is 272 g/mol. The lowest BCUT2D eigenvalue weighted by Crippen LogP contribution is -2.26. The molecule has 86 valence electrons. The number of hydrogen-bond acceptors (Lipinski definition) is 2. The van der Waals surface area contributed by atoms with Crippen LogP contribution in [0.2, 0.25) is 18.1 Å². The molecule has 1 aromatic rings. The first-order chi connectivity index (χ1) is 6.92. The molecule has 0 fully saturated rings. The second kappa shape index (κ2) is 5.32. The summed E-state index contributed by atoms with van der Waals surface area (Å²) in [6.45, 7) is 10.6. The van der Waals surface area contributed by atoms with Crippen molar-refractivity contribution in [1.82, 2.24) is 0 Å². The van der Waals surface area contributed by atoms with Gasteiger partial charge >= 0.3 is 0 Å². The third-order valence-electron chi connectivity index (χ3n) is 2.91. The summed E-state index contributed by atoms with van der Waals surface area (Å²) in [6, 6.07) is 3.82. The van der Waals surface area contributed by atoms with E-state index in [-0.39, 0.29) is 0 Å². The number of halogens is 1. The number of hydrogen-bond donors (Lipinski definition) is 0. The van der Waals surface area contributed by atoms with Crippen LogP contribution < -0.4 is 0 Å². The Morgan fingerprint density at radius 1 is 1.40 bits per heavy atom. The zero-order valence-corrected chi connectivity index (χ0v) is 12.6. The molecule has 0 unspecified atom stereocenters. The fourth-order valence-electron chi connectivity index (χ4n) is 1.01. The molecule has 0 saturated heterocycles. The fourth-order valence-corrected chi connectivity index (χ4v) is 1.80. The molecule has 2 nitrogen and oxygen atoms in total. The summed E-state index contributed by atoms with van der Waals surface area (Å²) in [5.41, 5.74) is 0. The molecule has 1 rings (SSSR count). The van der Waals surface area contributed by atoms with Gasteiger partial charge in [-0.3, -0.25) is 0 Å². The molecule has 0 N–H and O–H groups in total. The topological polar surface area (TPSA) is 22.4 Å². The Morgan fingerprint density at radius 3 is 2.53 bits per heavy atom. The number of furan rings is 1. The standard InChI is InChI=1S/C11H19BrO2Si/c1-11(2,15(3)4)8-13-7-9-5-6-10(12)14-9/h5-6,15H,7-8H2,1-4H3. The van der Waals surface area contributed by atoms with Gasteiger partial charge < -0.3 is 9.15 Å². The van der Waals surface area contributed by atoms with Crippen LogP contribution in [-0.2, 0) is 11.3 Å². The van der Waals surface area contributed by atoms with E-state index in [0.717, 1.165) is 17.0 Å². The van der Waals surface area contributed by atoms with Crippen LogP contribution in [0.5, 0.6) is 0 Å². The van der Waals surface area contributed by atoms with Crippen LogP contribution in [0.1, 0.15) is 19.6 Å². The van der Waals surface area contributed by atoms with Gasteiger partial charge in [0.2, 0.25) is 0 Å². The van der Waals surface area contributed by atoms with Crippen LogP contribution in [0.15, 0.2) is 21.2 Å². The summed E-state index contributed by atoms with van der Waals surface area (Å²) in [7, 11) is -0.665. The van der Waals surface area contributed by atoms with E-state index in [1.54, 1.807) is 0 Å². The Balaban J connectivity index is 2.33. The Labute approximate surface area is 102 Å². The van der Waals surface area contributed by atoms with E-state index < -0.39 is 8.80 Å². The molecule has 4 heteroatoms. The van der Waals surface area contributed by atoms with Gasteiger partial charge in [-0.2, -0.15) is 0 Å². The molecule has 0 bridgehead atoms. The van der Waals surface area contributed by atoms with Crippen LogP contribution in [0.3, 0.4) is 0 Å². The highest BCUT2D eigenvalue weighted by Gasteiger charge is 2.23. The largest absolute Gasteiger partial charge is 0.452 e. The van der Waals surface area contributed by atoms with E-state index >= 15 is 0 Å². The third kappa shape index (κ3) is 4.13. The van der Waals surface area contributed by atoms with Gasteiger partial charge in [-0.25, -0.2) is 0 Å². The third-order valence-corrected chi connectivity index (χ3v) is 6.63. The summed E-state index contributed by atoms with van der Waals surface area (Å²) in [5, 5.41) is 0.351. The van der Waals surface area contributed by atoms with E-state index in [1.807, 2.05) is 12.1 Å². The van der Waals surface area contributed by atoms with Crippen molar-refractivity contribution >= 4 is 24.7 Å². The second-order valence-electron chi connectivity index (χ2n) is 4.84. The van der Waals surface area contributed by atoms with Gasteiger partial charge in [0.1, 0.15) is 12.4 Å². The van der Waals surface area contributed by atoms with Crippen molar-refractivity contribution in [2.75, 3.05) is 6.61 Å². The minimum Gasteiger partial charge on any atom is -0.452 e. The highest BCUT2D eigenvalue weighted by molar-refractivity contribution is 9.10. The predicted molar refractivity (Wildman–Crippen MR) is 69.0 cm³/mol. The first kappa shape index (κ1) is 13.0. The molecule has 0 spiro atoms. The number of ether oxygens (including phenoxy) is 1. The molecular formula is C11H19BrO2Si. The van der Waals surface area contributed by atoms with Gasteiger partial charge in [-0.05, 0) is 33.1 Å². The Kier molecular flexibility index (Phi) is 4.61. The van der Waals surface area contributed by atoms with Crippen LogP contribution in [-0.4, -0.2) is 15.4 Å². The molecule has 0 radical (unpaired) electrons. The van der Waals surface area contributed by atoms with Crippen molar-refractivity contribution in [1.29, 1.82) is 0 Å². The lowest BCUT2D eigenvalue weighted by molar-refractivity contribution is 0.0873. The average Bonchev–Trinajstić information content (AvgIpc) is 2.51. The van der Waals surface area contributed by atoms with Crippen molar-refractivity contribution < 1.29 is 9.15 Å². The Bertz CT molecular complexity index is 307. The normalized spacial score (nSPS) is 12.4. The summed E-state index contributed by atoms with van der Waals surface area (Å²) in [5.74, 6) is 0.878. The lowest BCUT2D eigenvalue weighted by atomic mass is 10.2. The predicted octanol–water partition coefficient (Wildman–Crippen LogP) is 3.83. The van der Waals surface area contributed by atoms with Crippen molar-refractivity contribution in [2.45, 2.75) is 38.6 Å². The van der Waals surface area contributed by atoms with Crippen molar-refractivity contribution in [2.24, 2.45) is 0 Å². The zero-order chi connectivity index (χ0) is 11.5. The summed E-state index contributed by atoms with van der Waals surface area (Å²) in [6.07, 6.45) is 0. The quantitative estimate of drug-likeness (QED) is 0.769. The van der Waals surface area contributed by atoms with E-state index in [0.29, 0.717) is 11.6 Å². The van der Waals surface area contributed by atoms with Crippen molar-refractivity contribution in [3.63, 3.8) is 0 Å². The monoisotopic (exact) mass is 290 g/mol. The van der Waals surface area contributed by atoms with Crippen molar-refractivity contribution in [3.8, 4) is 0 Å². The molecule has 1 heterocycles. The van der Waals surface area contributed by atoms with Crippen LogP contribution in [0, 0.1) is 0 Å². The molecule has 0 atom stereocenters. The second-order valence-corrected chi connectivity index (χ2v) is 9.50. The molecule has 0 aliphatic rings. The van der Waals surface area contributed by atoms with E-state index in [1.165, 1.54) is 0 Å². The van der Waals surface area contributed by atoms with Gasteiger partial charge in [0, 0.05) is 15.4 Å². The van der Waals surface area contributed by atoms with Gasteiger partial charge in [-0.15, -0.1) is 0 Å². The Hall–Kier alpha value is -0.0631. The fraction of sp³-hybridized carbons (Fsp3) is 0.636. The summed E-state index contributed by atoms with van der Waals surface area (Å²) >= 11 is 3.27. The van der Waals surface area contributed by atoms with Crippen molar-refractivity contribution in [3.05, 3.63) is 22.6 Å². The molecule has 0 amide bonds. The summed E-state index contributed by atoms with van der Waals surface area (Å²) in [4.78, 5) is 0. The van der Waals surface area contributed by atoms with Gasteiger partial charge in [0.15, 0.2) is 4.67 Å². The average molecular weight is 291 g/mol. The van der Waals surface area contributed by atoms with E-state index in [9.17, 15) is 0 Å². The van der Waals surface area contributed by atoms with Gasteiger partial charge in [0.25, 0.3) is 0 Å². The molecule has 0 aromatic carbocycles. The van der Waals surface area contributed by atoms with Crippen LogP contribution in [0.4, 0.5) is 0 Å². The minimum atomic E-state index is -0.665. The molecule has 1 aromatic heterocycles. The molecule has 15 heavy (non-hydrogen) atoms. The lowest BCUT2D eigenvalue weighted by Gasteiger charge is -2.27. The molecule has 0 aliphatic carbocycles. The molecule has 0 saturated carbocycles. The van der Waals surface area contributed by atoms with Crippen LogP contribution >= 0.6 is 15.9 Å². The maximum absolute atomic E-state index is 5.68. The maximum Gasteiger partial charge on any atom is 0.169 e. The SMILES string of the molecule is C[SiH](C)C(C)(C)COCc1ccc(Br)o1.